The van der Waals surface area contributed by atoms with Gasteiger partial charge in [-0.1, -0.05) is 24.3 Å². The van der Waals surface area contributed by atoms with Gasteiger partial charge in [0, 0.05) is 24.2 Å². The SMILES string of the molecule is COc1cc(/C=C/C(=O)C(O)C(c2cc(N)cc(N)c2)C(O)C(=O)/C=C/c2ccc(OC(=O)c3ccc(OCCCC(F)(F)F)cc3)c(OC)c2)ccc1OC(=O)c1ccc(OCCCC(F)(F)F)cc1. The zero-order valence-corrected chi connectivity index (χ0v) is 38.0. The first-order valence-corrected chi connectivity index (χ1v) is 21.5. The molecule has 376 valence electrons. The lowest BCUT2D eigenvalue weighted by molar-refractivity contribution is -0.137. The summed E-state index contributed by atoms with van der Waals surface area (Å²) >= 11 is 0. The number of methoxy groups -OCH3 is 2. The molecule has 0 aliphatic rings. The van der Waals surface area contributed by atoms with E-state index in [-0.39, 0.29) is 88.6 Å². The van der Waals surface area contributed by atoms with Crippen molar-refractivity contribution in [2.45, 2.75) is 56.2 Å². The summed E-state index contributed by atoms with van der Waals surface area (Å²) in [5.41, 5.74) is 13.2. The van der Waals surface area contributed by atoms with Gasteiger partial charge in [-0.3, -0.25) is 9.59 Å². The van der Waals surface area contributed by atoms with E-state index in [0.29, 0.717) is 11.1 Å². The van der Waals surface area contributed by atoms with Crippen LogP contribution in [0.15, 0.2) is 115 Å². The number of rotatable bonds is 23. The highest BCUT2D eigenvalue weighted by Gasteiger charge is 2.36. The number of ether oxygens (including phenoxy) is 6. The average Bonchev–Trinajstić information content (AvgIpc) is 3.32. The van der Waals surface area contributed by atoms with Crippen LogP contribution in [0.5, 0.6) is 34.5 Å². The number of aliphatic hydroxyl groups excluding tert-OH is 2. The van der Waals surface area contributed by atoms with Crippen molar-refractivity contribution in [3.8, 4) is 34.5 Å². The fourth-order valence-corrected chi connectivity index (χ4v) is 6.70. The normalized spacial score (nSPS) is 13.0. The maximum absolute atomic E-state index is 13.5. The van der Waals surface area contributed by atoms with E-state index in [9.17, 15) is 55.7 Å². The number of aliphatic hydroxyl groups is 2. The zero-order valence-electron chi connectivity index (χ0n) is 38.0. The van der Waals surface area contributed by atoms with Crippen LogP contribution in [-0.4, -0.2) is 85.7 Å². The van der Waals surface area contributed by atoms with Crippen LogP contribution in [0.25, 0.3) is 12.2 Å². The lowest BCUT2D eigenvalue weighted by Crippen LogP contribution is -2.38. The molecule has 6 N–H and O–H groups in total. The molecule has 0 aliphatic heterocycles. The first kappa shape index (κ1) is 54.1. The molecule has 14 nitrogen and oxygen atoms in total. The number of carbonyl (C=O) groups is 4. The van der Waals surface area contributed by atoms with Crippen LogP contribution in [0.4, 0.5) is 37.7 Å². The van der Waals surface area contributed by atoms with Gasteiger partial charge in [-0.15, -0.1) is 0 Å². The molecule has 71 heavy (non-hydrogen) atoms. The number of hydrogen-bond donors (Lipinski definition) is 4. The summed E-state index contributed by atoms with van der Waals surface area (Å²) < 4.78 is 107. The van der Waals surface area contributed by atoms with Gasteiger partial charge in [-0.2, -0.15) is 26.3 Å². The predicted octanol–water partition coefficient (Wildman–Crippen LogP) is 9.12. The molecule has 2 unspecified atom stereocenters. The van der Waals surface area contributed by atoms with Crippen LogP contribution < -0.4 is 39.9 Å². The number of alkyl halides is 6. The molecule has 2 atom stereocenters. The Morgan fingerprint density at radius 3 is 1.28 bits per heavy atom. The first-order chi connectivity index (χ1) is 33.6. The third-order valence-corrected chi connectivity index (χ3v) is 10.2. The van der Waals surface area contributed by atoms with Gasteiger partial charge in [0.25, 0.3) is 0 Å². The largest absolute Gasteiger partial charge is 0.494 e. The number of benzene rings is 5. The molecule has 0 aromatic heterocycles. The Kier molecular flexibility index (Phi) is 18.8. The fourth-order valence-electron chi connectivity index (χ4n) is 6.70. The van der Waals surface area contributed by atoms with E-state index >= 15 is 0 Å². The van der Waals surface area contributed by atoms with Crippen LogP contribution >= 0.6 is 0 Å². The molecule has 0 saturated carbocycles. The van der Waals surface area contributed by atoms with Crippen molar-refractivity contribution in [1.29, 1.82) is 0 Å². The number of carbonyl (C=O) groups excluding carboxylic acids is 4. The van der Waals surface area contributed by atoms with Gasteiger partial charge in [0.1, 0.15) is 23.7 Å². The van der Waals surface area contributed by atoms with E-state index in [2.05, 4.69) is 0 Å². The Morgan fingerprint density at radius 1 is 0.549 bits per heavy atom. The van der Waals surface area contributed by atoms with E-state index in [1.807, 2.05) is 0 Å². The lowest BCUT2D eigenvalue weighted by atomic mass is 9.83. The highest BCUT2D eigenvalue weighted by molar-refractivity contribution is 6.01. The average molecular weight is 995 g/mol. The topological polar surface area (TPSA) is 216 Å². The predicted molar refractivity (Wildman–Crippen MR) is 248 cm³/mol. The van der Waals surface area contributed by atoms with Crippen molar-refractivity contribution >= 4 is 47.0 Å². The number of halogens is 6. The third kappa shape index (κ3) is 16.7. The second-order valence-electron chi connectivity index (χ2n) is 15.6. The molecule has 5 aromatic carbocycles. The van der Waals surface area contributed by atoms with Gasteiger partial charge < -0.3 is 50.1 Å². The molecule has 0 amide bonds. The van der Waals surface area contributed by atoms with Crippen LogP contribution in [0.1, 0.15) is 69.0 Å². The molecule has 20 heteroatoms. The van der Waals surface area contributed by atoms with Crippen molar-refractivity contribution in [3.63, 3.8) is 0 Å². The van der Waals surface area contributed by atoms with E-state index in [1.165, 1.54) is 129 Å². The summed E-state index contributed by atoms with van der Waals surface area (Å²) in [6.45, 7) is -0.345. The Morgan fingerprint density at radius 2 is 0.930 bits per heavy atom. The molecule has 0 bridgehead atoms. The molecular weight excluding hydrogens is 947 g/mol. The van der Waals surface area contributed by atoms with Gasteiger partial charge in [0.05, 0.1) is 44.5 Å². The van der Waals surface area contributed by atoms with Gasteiger partial charge in [-0.25, -0.2) is 9.59 Å². The molecule has 0 saturated heterocycles. The summed E-state index contributed by atoms with van der Waals surface area (Å²) in [5.74, 6) is -4.38. The minimum Gasteiger partial charge on any atom is -0.494 e. The maximum atomic E-state index is 13.5. The van der Waals surface area contributed by atoms with Crippen LogP contribution in [0.2, 0.25) is 0 Å². The minimum absolute atomic E-state index is 0.00223. The maximum Gasteiger partial charge on any atom is 0.389 e. The van der Waals surface area contributed by atoms with Crippen LogP contribution in [0, 0.1) is 0 Å². The second-order valence-corrected chi connectivity index (χ2v) is 15.6. The molecule has 0 fully saturated rings. The number of hydrogen-bond acceptors (Lipinski definition) is 14. The molecule has 0 radical (unpaired) electrons. The smallest absolute Gasteiger partial charge is 0.389 e. The van der Waals surface area contributed by atoms with Crippen molar-refractivity contribution in [3.05, 3.63) is 143 Å². The monoisotopic (exact) mass is 994 g/mol. The highest BCUT2D eigenvalue weighted by Crippen LogP contribution is 2.33. The molecule has 0 aliphatic carbocycles. The Hall–Kier alpha value is -7.84. The summed E-state index contributed by atoms with van der Waals surface area (Å²) in [6, 6.07) is 23.8. The fraction of sp³-hybridized carbons (Fsp3) is 0.255. The van der Waals surface area contributed by atoms with E-state index in [1.54, 1.807) is 0 Å². The molecule has 5 aromatic rings. The van der Waals surface area contributed by atoms with Crippen LogP contribution in [-0.2, 0) is 9.59 Å². The second kappa shape index (κ2) is 24.6. The summed E-state index contributed by atoms with van der Waals surface area (Å²) in [5, 5.41) is 22.9. The quantitative estimate of drug-likeness (QED) is 0.0120. The Labute approximate surface area is 403 Å². The summed E-state index contributed by atoms with van der Waals surface area (Å²) in [6.07, 6.45) is -10.5. The molecule has 0 spiro atoms. The number of anilines is 2. The lowest BCUT2D eigenvalue weighted by Gasteiger charge is -2.26. The van der Waals surface area contributed by atoms with E-state index in [0.717, 1.165) is 12.2 Å². The third-order valence-electron chi connectivity index (χ3n) is 10.2. The molecular formula is C51H48F6N2O12. The van der Waals surface area contributed by atoms with Gasteiger partial charge in [0.15, 0.2) is 34.6 Å². The minimum atomic E-state index is -4.30. The number of nitrogen functional groups attached to an aromatic ring is 2. The Balaban J connectivity index is 1.23. The van der Waals surface area contributed by atoms with Crippen molar-refractivity contribution in [2.75, 3.05) is 38.9 Å². The van der Waals surface area contributed by atoms with Crippen molar-refractivity contribution in [2.24, 2.45) is 0 Å². The van der Waals surface area contributed by atoms with Crippen LogP contribution in [0.3, 0.4) is 0 Å². The zero-order chi connectivity index (χ0) is 51.9. The van der Waals surface area contributed by atoms with Gasteiger partial charge in [0.2, 0.25) is 0 Å². The molecule has 0 heterocycles. The summed E-state index contributed by atoms with van der Waals surface area (Å²) in [7, 11) is 2.61. The van der Waals surface area contributed by atoms with Gasteiger partial charge >= 0.3 is 24.3 Å². The van der Waals surface area contributed by atoms with Gasteiger partial charge in [-0.05, 0) is 133 Å². The standard InChI is InChI=1S/C51H48F6N2O12/c1-66-43-25-30(7-19-41(43)70-48(64)32-9-13-37(14-10-32)68-23-3-21-50(52,53)54)5-17-39(60)46(62)45(34-27-35(58)29-36(59)28-34)47(63)40(61)18-6-31-8-20-42(44(26-31)67-2)71-49(65)33-11-15-38(16-12-33)69-24-4-22-51(55,56)57/h5-20,25-29,45-47,62-63H,3-4,21-24,58-59H2,1-2H3/b17-5+,18-6+. The number of esters is 2. The summed E-state index contributed by atoms with van der Waals surface area (Å²) in [4.78, 5) is 52.9. The number of ketones is 2. The molecule has 5 rings (SSSR count). The highest BCUT2D eigenvalue weighted by atomic mass is 19.4. The Bertz CT molecular complexity index is 2530. The van der Waals surface area contributed by atoms with Crippen molar-refractivity contribution in [1.82, 2.24) is 0 Å². The van der Waals surface area contributed by atoms with Crippen molar-refractivity contribution < 1.29 is 84.2 Å². The van der Waals surface area contributed by atoms with E-state index in [4.69, 9.17) is 39.9 Å². The first-order valence-electron chi connectivity index (χ1n) is 21.5. The number of nitrogens with two attached hydrogens (primary N) is 2. The van der Waals surface area contributed by atoms with E-state index < -0.39 is 66.8 Å².